The van der Waals surface area contributed by atoms with Crippen LogP contribution < -0.4 is 0 Å². The topological polar surface area (TPSA) is 105 Å². The van der Waals surface area contributed by atoms with Crippen LogP contribution in [0.2, 0.25) is 0 Å². The number of carboxylic acids is 1. The van der Waals surface area contributed by atoms with Gasteiger partial charge in [0, 0.05) is 22.3 Å². The van der Waals surface area contributed by atoms with Crippen LogP contribution in [0.3, 0.4) is 0 Å². The van der Waals surface area contributed by atoms with Crippen LogP contribution in [0.25, 0.3) is 28.1 Å². The van der Waals surface area contributed by atoms with Gasteiger partial charge in [0.1, 0.15) is 12.2 Å². The minimum absolute atomic E-state index is 0.0369. The summed E-state index contributed by atoms with van der Waals surface area (Å²) in [6.45, 7) is 3.88. The van der Waals surface area contributed by atoms with Gasteiger partial charge >= 0.3 is 5.97 Å². The molecule has 166 valence electrons. The molecule has 1 unspecified atom stereocenters. The van der Waals surface area contributed by atoms with E-state index in [1.807, 2.05) is 38.1 Å². The van der Waals surface area contributed by atoms with Crippen LogP contribution in [0.1, 0.15) is 37.4 Å². The molecular formula is C24H23FNO5P. The molecule has 8 heteroatoms. The van der Waals surface area contributed by atoms with Crippen LogP contribution in [0, 0.1) is 5.82 Å². The number of halogens is 1. The van der Waals surface area contributed by atoms with Crippen molar-refractivity contribution in [3.05, 3.63) is 71.4 Å². The Morgan fingerprint density at radius 3 is 2.41 bits per heavy atom. The lowest BCUT2D eigenvalue weighted by Gasteiger charge is -2.18. The number of nitrogens with zero attached hydrogens (tertiary/aromatic N) is 1. The number of carboxylic acid groups (broad SMARTS) is 1. The monoisotopic (exact) mass is 455 g/mol. The molecule has 3 rings (SSSR count). The van der Waals surface area contributed by atoms with Crippen LogP contribution in [0.15, 0.2) is 54.3 Å². The molecule has 1 aromatic heterocycles. The molecule has 6 nitrogen and oxygen atoms in total. The molecule has 1 atom stereocenters. The molecule has 0 saturated carbocycles. The van der Waals surface area contributed by atoms with E-state index in [4.69, 9.17) is 10.1 Å². The molecule has 1 heterocycles. The lowest BCUT2D eigenvalue weighted by molar-refractivity contribution is -0.139. The van der Waals surface area contributed by atoms with Gasteiger partial charge in [-0.25, -0.2) is 4.39 Å². The molecule has 0 aliphatic rings. The molecule has 0 spiro atoms. The highest BCUT2D eigenvalue weighted by Gasteiger charge is 2.23. The highest BCUT2D eigenvalue weighted by atomic mass is 31.2. The van der Waals surface area contributed by atoms with Gasteiger partial charge < -0.3 is 10.00 Å². The van der Waals surface area contributed by atoms with E-state index in [1.54, 1.807) is 12.1 Å². The second-order valence-electron chi connectivity index (χ2n) is 7.80. The predicted molar refractivity (Wildman–Crippen MR) is 122 cm³/mol. The third-order valence-electron chi connectivity index (χ3n) is 4.86. The maximum Gasteiger partial charge on any atom is 0.310 e. The number of Topliss-reactive ketones (excluding diaryl/α,β-unsaturated/α-hetero) is 1. The second-order valence-corrected chi connectivity index (χ2v) is 9.93. The Bertz CT molecular complexity index is 1250. The summed E-state index contributed by atoms with van der Waals surface area (Å²) in [5, 5.41) is 9.51. The summed E-state index contributed by atoms with van der Waals surface area (Å²) in [4.78, 5) is 37.5. The molecule has 32 heavy (non-hydrogen) atoms. The van der Waals surface area contributed by atoms with Gasteiger partial charge in [-0.2, -0.15) is 0 Å². The van der Waals surface area contributed by atoms with Crippen molar-refractivity contribution in [2.75, 3.05) is 6.16 Å². The largest absolute Gasteiger partial charge is 0.481 e. The first-order chi connectivity index (χ1) is 15.1. The van der Waals surface area contributed by atoms with Crippen molar-refractivity contribution in [1.82, 2.24) is 4.98 Å². The molecule has 2 aromatic carbocycles. The van der Waals surface area contributed by atoms with E-state index in [1.165, 1.54) is 18.2 Å². The van der Waals surface area contributed by atoms with Crippen LogP contribution in [-0.4, -0.2) is 32.9 Å². The van der Waals surface area contributed by atoms with Crippen molar-refractivity contribution >= 4 is 36.1 Å². The minimum Gasteiger partial charge on any atom is -0.481 e. The van der Waals surface area contributed by atoms with Gasteiger partial charge in [-0.1, -0.05) is 44.2 Å². The van der Waals surface area contributed by atoms with Crippen LogP contribution >= 0.6 is 7.37 Å². The third-order valence-corrected chi connectivity index (χ3v) is 6.29. The van der Waals surface area contributed by atoms with E-state index in [2.05, 4.69) is 0 Å². The van der Waals surface area contributed by atoms with E-state index in [9.17, 15) is 23.4 Å². The zero-order valence-corrected chi connectivity index (χ0v) is 18.6. The van der Waals surface area contributed by atoms with Crippen molar-refractivity contribution < 1.29 is 28.5 Å². The average Bonchev–Trinajstić information content (AvgIpc) is 2.71. The highest BCUT2D eigenvalue weighted by Crippen LogP contribution is 2.45. The minimum atomic E-state index is -4.08. The zero-order valence-electron chi connectivity index (χ0n) is 17.7. The Labute approximate surface area is 184 Å². The summed E-state index contributed by atoms with van der Waals surface area (Å²) in [6.07, 6.45) is -0.115. The fourth-order valence-corrected chi connectivity index (χ4v) is 4.61. The van der Waals surface area contributed by atoms with E-state index in [0.29, 0.717) is 16.8 Å². The molecular weight excluding hydrogens is 432 g/mol. The zero-order chi connectivity index (χ0) is 23.5. The predicted octanol–water partition coefficient (Wildman–Crippen LogP) is 5.45. The maximum atomic E-state index is 13.6. The third kappa shape index (κ3) is 5.55. The van der Waals surface area contributed by atoms with Crippen molar-refractivity contribution in [3.63, 3.8) is 0 Å². The van der Waals surface area contributed by atoms with E-state index >= 15 is 0 Å². The molecule has 0 saturated heterocycles. The van der Waals surface area contributed by atoms with Gasteiger partial charge in [0.15, 0.2) is 5.78 Å². The molecule has 0 aliphatic heterocycles. The molecule has 0 radical (unpaired) electrons. The number of para-hydroxylation sites is 1. The van der Waals surface area contributed by atoms with Crippen LogP contribution in [0.4, 0.5) is 4.39 Å². The lowest BCUT2D eigenvalue weighted by Crippen LogP contribution is -2.10. The molecule has 0 bridgehead atoms. The quantitative estimate of drug-likeness (QED) is 0.346. The number of hydrogen-bond acceptors (Lipinski definition) is 4. The number of rotatable bonds is 8. The van der Waals surface area contributed by atoms with Crippen molar-refractivity contribution in [2.45, 2.75) is 26.2 Å². The fraction of sp³-hybridized carbons (Fsp3) is 0.208. The summed E-state index contributed by atoms with van der Waals surface area (Å²) in [5.41, 5.74) is 3.44. The number of fused-ring (bicyclic) bond motifs is 1. The smallest absolute Gasteiger partial charge is 0.310 e. The van der Waals surface area contributed by atoms with E-state index in [0.717, 1.165) is 22.3 Å². The second kappa shape index (κ2) is 9.55. The first-order valence-corrected chi connectivity index (χ1v) is 11.9. The van der Waals surface area contributed by atoms with Crippen LogP contribution in [-0.2, 0) is 14.2 Å². The summed E-state index contributed by atoms with van der Waals surface area (Å²) in [5.74, 6) is -1.54. The summed E-state index contributed by atoms with van der Waals surface area (Å²) >= 11 is 0. The number of pyridine rings is 1. The van der Waals surface area contributed by atoms with Gasteiger partial charge in [0.2, 0.25) is 7.37 Å². The van der Waals surface area contributed by atoms with E-state index < -0.39 is 31.7 Å². The van der Waals surface area contributed by atoms with Gasteiger partial charge in [-0.15, -0.1) is 0 Å². The lowest BCUT2D eigenvalue weighted by atomic mass is 9.91. The SMILES string of the molecule is CC(C)c1nc2ccccc2c(-c2ccc(F)cc2)c1C=CP(=O)(O)CC(=O)CC(=O)O. The number of carbonyl (C=O) groups is 2. The number of aromatic nitrogens is 1. The Morgan fingerprint density at radius 2 is 1.78 bits per heavy atom. The molecule has 0 amide bonds. The number of aliphatic carboxylic acids is 1. The fourth-order valence-electron chi connectivity index (χ4n) is 3.50. The number of ketones is 1. The van der Waals surface area contributed by atoms with Gasteiger partial charge in [0.05, 0.1) is 17.4 Å². The number of benzene rings is 2. The van der Waals surface area contributed by atoms with Gasteiger partial charge in [-0.05, 0) is 35.8 Å². The molecule has 0 aliphatic carbocycles. The molecule has 0 fully saturated rings. The van der Waals surface area contributed by atoms with Gasteiger partial charge in [-0.3, -0.25) is 19.1 Å². The van der Waals surface area contributed by atoms with Gasteiger partial charge in [0.25, 0.3) is 0 Å². The first-order valence-electron chi connectivity index (χ1n) is 10.00. The maximum absolute atomic E-state index is 13.6. The Morgan fingerprint density at radius 1 is 1.12 bits per heavy atom. The van der Waals surface area contributed by atoms with E-state index in [-0.39, 0.29) is 11.7 Å². The van der Waals surface area contributed by atoms with Crippen LogP contribution in [0.5, 0.6) is 0 Å². The summed E-state index contributed by atoms with van der Waals surface area (Å²) in [6, 6.07) is 13.4. The standard InChI is InChI=1S/C24H23FNO5P/c1-15(2)24-20(11-12-32(30,31)14-18(27)13-22(28)29)23(16-7-9-17(25)10-8-16)19-5-3-4-6-21(19)26-24/h3-12,15H,13-14H2,1-2H3,(H,28,29)(H,30,31). The Kier molecular flexibility index (Phi) is 7.02. The Hall–Kier alpha value is -3.15. The average molecular weight is 455 g/mol. The summed E-state index contributed by atoms with van der Waals surface area (Å²) < 4.78 is 26.2. The molecule has 2 N–H and O–H groups in total. The Balaban J connectivity index is 2.19. The van der Waals surface area contributed by atoms with Crippen molar-refractivity contribution in [2.24, 2.45) is 0 Å². The molecule has 3 aromatic rings. The summed E-state index contributed by atoms with van der Waals surface area (Å²) in [7, 11) is -4.08. The number of hydrogen-bond donors (Lipinski definition) is 2. The first kappa shape index (κ1) is 23.5. The number of carbonyl (C=O) groups excluding carboxylic acids is 1. The van der Waals surface area contributed by atoms with Crippen molar-refractivity contribution in [3.8, 4) is 11.1 Å². The normalized spacial score (nSPS) is 13.5. The van der Waals surface area contributed by atoms with Crippen molar-refractivity contribution in [1.29, 1.82) is 0 Å². The highest BCUT2D eigenvalue weighted by molar-refractivity contribution is 7.62.